The van der Waals surface area contributed by atoms with Gasteiger partial charge in [0.05, 0.1) is 11.6 Å². The van der Waals surface area contributed by atoms with Gasteiger partial charge < -0.3 is 10.2 Å². The minimum atomic E-state index is 0.629. The maximum Gasteiger partial charge on any atom is 0.0992 e. The van der Waals surface area contributed by atoms with Crippen molar-refractivity contribution in [2.45, 2.75) is 18.5 Å². The Bertz CT molecular complexity index is 421. The molecule has 3 rings (SSSR count). The van der Waals surface area contributed by atoms with Crippen molar-refractivity contribution in [3.63, 3.8) is 0 Å². The lowest BCUT2D eigenvalue weighted by Gasteiger charge is -2.29. The fraction of sp³-hybridized carbons (Fsp3) is 0.417. The zero-order valence-electron chi connectivity index (χ0n) is 8.48. The Labute approximate surface area is 89.3 Å². The van der Waals surface area contributed by atoms with Crippen LogP contribution in [0.1, 0.15) is 12.0 Å². The van der Waals surface area contributed by atoms with Crippen molar-refractivity contribution in [2.24, 2.45) is 0 Å². The minimum absolute atomic E-state index is 0.629. The molecule has 0 spiro atoms. The van der Waals surface area contributed by atoms with E-state index in [1.807, 2.05) is 18.2 Å². The fourth-order valence-corrected chi connectivity index (χ4v) is 2.63. The van der Waals surface area contributed by atoms with Crippen molar-refractivity contribution >= 4 is 5.69 Å². The molecule has 2 bridgehead atoms. The van der Waals surface area contributed by atoms with Crippen LogP contribution in [-0.2, 0) is 0 Å². The molecule has 2 atom stereocenters. The second kappa shape index (κ2) is 3.25. The van der Waals surface area contributed by atoms with Crippen LogP contribution in [0.3, 0.4) is 0 Å². The van der Waals surface area contributed by atoms with Gasteiger partial charge in [-0.15, -0.1) is 0 Å². The SMILES string of the molecule is N#Cc1cccc(N2C[C@@H]3C[C@H]2CN3)c1. The van der Waals surface area contributed by atoms with E-state index in [-0.39, 0.29) is 0 Å². The summed E-state index contributed by atoms with van der Waals surface area (Å²) < 4.78 is 0. The Morgan fingerprint density at radius 3 is 3.07 bits per heavy atom. The van der Waals surface area contributed by atoms with Gasteiger partial charge in [-0.25, -0.2) is 0 Å². The Hall–Kier alpha value is -1.53. The number of anilines is 1. The van der Waals surface area contributed by atoms with Crippen LogP contribution in [-0.4, -0.2) is 25.2 Å². The summed E-state index contributed by atoms with van der Waals surface area (Å²) in [4.78, 5) is 2.42. The van der Waals surface area contributed by atoms with Gasteiger partial charge in [0, 0.05) is 30.9 Å². The molecule has 0 radical (unpaired) electrons. The van der Waals surface area contributed by atoms with Gasteiger partial charge in [0.2, 0.25) is 0 Å². The van der Waals surface area contributed by atoms with Crippen LogP contribution < -0.4 is 10.2 Å². The standard InChI is InChI=1S/C12H13N3/c13-6-9-2-1-3-11(4-9)15-8-10-5-12(15)7-14-10/h1-4,10,12,14H,5,7-8H2/t10-,12-/m0/s1. The largest absolute Gasteiger partial charge is 0.366 e. The van der Waals surface area contributed by atoms with Crippen molar-refractivity contribution in [1.82, 2.24) is 5.32 Å². The van der Waals surface area contributed by atoms with E-state index in [9.17, 15) is 0 Å². The highest BCUT2D eigenvalue weighted by Gasteiger charge is 2.37. The average Bonchev–Trinajstić information content (AvgIpc) is 2.91. The highest BCUT2D eigenvalue weighted by molar-refractivity contribution is 5.54. The van der Waals surface area contributed by atoms with Crippen LogP contribution in [0.5, 0.6) is 0 Å². The lowest BCUT2D eigenvalue weighted by molar-refractivity contribution is 0.580. The maximum atomic E-state index is 8.86. The highest BCUT2D eigenvalue weighted by atomic mass is 15.3. The van der Waals surface area contributed by atoms with E-state index in [2.05, 4.69) is 22.4 Å². The number of benzene rings is 1. The zero-order chi connectivity index (χ0) is 10.3. The summed E-state index contributed by atoms with van der Waals surface area (Å²) in [6.45, 7) is 2.17. The summed E-state index contributed by atoms with van der Waals surface area (Å²) in [7, 11) is 0. The number of nitrogens with one attached hydrogen (secondary N) is 1. The Balaban J connectivity index is 1.90. The molecule has 3 nitrogen and oxygen atoms in total. The molecular formula is C12H13N3. The first-order valence-electron chi connectivity index (χ1n) is 5.37. The van der Waals surface area contributed by atoms with E-state index in [0.717, 1.165) is 18.7 Å². The third-order valence-electron chi connectivity index (χ3n) is 3.36. The Morgan fingerprint density at radius 2 is 2.40 bits per heavy atom. The van der Waals surface area contributed by atoms with E-state index in [0.29, 0.717) is 12.1 Å². The van der Waals surface area contributed by atoms with Crippen molar-refractivity contribution in [1.29, 1.82) is 5.26 Å². The van der Waals surface area contributed by atoms with Gasteiger partial charge in [0.25, 0.3) is 0 Å². The average molecular weight is 199 g/mol. The molecule has 2 aliphatic rings. The second-order valence-electron chi connectivity index (χ2n) is 4.31. The molecule has 2 aliphatic heterocycles. The molecule has 0 aromatic heterocycles. The smallest absolute Gasteiger partial charge is 0.0992 e. The molecule has 1 aromatic carbocycles. The first-order chi connectivity index (χ1) is 7.36. The number of hydrogen-bond donors (Lipinski definition) is 1. The van der Waals surface area contributed by atoms with Gasteiger partial charge in [0.1, 0.15) is 0 Å². The normalized spacial score (nSPS) is 28.1. The summed E-state index contributed by atoms with van der Waals surface area (Å²) in [5, 5.41) is 12.3. The monoisotopic (exact) mass is 199 g/mol. The van der Waals surface area contributed by atoms with Gasteiger partial charge in [-0.1, -0.05) is 6.07 Å². The lowest BCUT2D eigenvalue weighted by atomic mass is 10.2. The molecule has 0 amide bonds. The number of nitrogens with zero attached hydrogens (tertiary/aromatic N) is 2. The van der Waals surface area contributed by atoms with Crippen molar-refractivity contribution in [2.75, 3.05) is 18.0 Å². The minimum Gasteiger partial charge on any atom is -0.366 e. The first-order valence-corrected chi connectivity index (χ1v) is 5.37. The van der Waals surface area contributed by atoms with Crippen molar-refractivity contribution in [3.8, 4) is 6.07 Å². The topological polar surface area (TPSA) is 39.1 Å². The number of nitriles is 1. The number of hydrogen-bond acceptors (Lipinski definition) is 3. The van der Waals surface area contributed by atoms with Crippen molar-refractivity contribution < 1.29 is 0 Å². The van der Waals surface area contributed by atoms with E-state index < -0.39 is 0 Å². The molecule has 0 saturated carbocycles. The molecule has 1 N–H and O–H groups in total. The summed E-state index contributed by atoms with van der Waals surface area (Å²) in [5.74, 6) is 0. The molecule has 15 heavy (non-hydrogen) atoms. The van der Waals surface area contributed by atoms with Gasteiger partial charge in [-0.3, -0.25) is 0 Å². The lowest BCUT2D eigenvalue weighted by Crippen LogP contribution is -2.43. The van der Waals surface area contributed by atoms with Crippen LogP contribution in [0.25, 0.3) is 0 Å². The predicted octanol–water partition coefficient (Wildman–Crippen LogP) is 1.11. The van der Waals surface area contributed by atoms with Crippen LogP contribution in [0.2, 0.25) is 0 Å². The highest BCUT2D eigenvalue weighted by Crippen LogP contribution is 2.29. The third-order valence-corrected chi connectivity index (χ3v) is 3.36. The molecule has 2 fully saturated rings. The summed E-state index contributed by atoms with van der Waals surface area (Å²) in [6.07, 6.45) is 1.25. The molecule has 1 aromatic rings. The molecular weight excluding hydrogens is 186 g/mol. The van der Waals surface area contributed by atoms with Crippen molar-refractivity contribution in [3.05, 3.63) is 29.8 Å². The van der Waals surface area contributed by atoms with E-state index in [4.69, 9.17) is 5.26 Å². The number of piperazine rings is 1. The summed E-state index contributed by atoms with van der Waals surface area (Å²) in [6, 6.07) is 11.4. The van der Waals surface area contributed by atoms with Gasteiger partial charge in [0.15, 0.2) is 0 Å². The zero-order valence-corrected chi connectivity index (χ0v) is 8.48. The quantitative estimate of drug-likeness (QED) is 0.736. The first kappa shape index (κ1) is 8.75. The molecule has 0 unspecified atom stereocenters. The third kappa shape index (κ3) is 1.38. The predicted molar refractivity (Wildman–Crippen MR) is 58.7 cm³/mol. The maximum absolute atomic E-state index is 8.86. The van der Waals surface area contributed by atoms with Gasteiger partial charge in [-0.05, 0) is 24.6 Å². The van der Waals surface area contributed by atoms with Crippen LogP contribution >= 0.6 is 0 Å². The van der Waals surface area contributed by atoms with Crippen LogP contribution in [0, 0.1) is 11.3 Å². The van der Waals surface area contributed by atoms with Crippen LogP contribution in [0.15, 0.2) is 24.3 Å². The Kier molecular flexibility index (Phi) is 1.90. The van der Waals surface area contributed by atoms with E-state index in [1.54, 1.807) is 0 Å². The number of fused-ring (bicyclic) bond motifs is 2. The molecule has 2 saturated heterocycles. The van der Waals surface area contributed by atoms with E-state index in [1.165, 1.54) is 12.1 Å². The van der Waals surface area contributed by atoms with Gasteiger partial charge in [-0.2, -0.15) is 5.26 Å². The summed E-state index contributed by atoms with van der Waals surface area (Å²) in [5.41, 5.74) is 1.95. The van der Waals surface area contributed by atoms with Gasteiger partial charge >= 0.3 is 0 Å². The second-order valence-corrected chi connectivity index (χ2v) is 4.31. The summed E-state index contributed by atoms with van der Waals surface area (Å²) >= 11 is 0. The number of rotatable bonds is 1. The van der Waals surface area contributed by atoms with E-state index >= 15 is 0 Å². The van der Waals surface area contributed by atoms with Crippen LogP contribution in [0.4, 0.5) is 5.69 Å². The molecule has 0 aliphatic carbocycles. The Morgan fingerprint density at radius 1 is 1.47 bits per heavy atom. The molecule has 2 heterocycles. The molecule has 3 heteroatoms. The molecule has 76 valence electrons. The fourth-order valence-electron chi connectivity index (χ4n) is 2.63.